The molecule has 5 nitrogen and oxygen atoms in total. The molecule has 0 N–H and O–H groups in total. The second-order valence-electron chi connectivity index (χ2n) is 4.78. The Hall–Kier alpha value is -2.51. The van der Waals surface area contributed by atoms with Crippen molar-refractivity contribution in [1.82, 2.24) is 0 Å². The molecule has 1 aromatic heterocycles. The first-order valence-electron chi connectivity index (χ1n) is 6.50. The monoisotopic (exact) mass is 330 g/mol. The predicted molar refractivity (Wildman–Crippen MR) is 73.3 cm³/mol. The van der Waals surface area contributed by atoms with Crippen LogP contribution in [-0.4, -0.2) is 26.0 Å². The lowest BCUT2D eigenvalue weighted by Crippen LogP contribution is -2.22. The highest BCUT2D eigenvalue weighted by molar-refractivity contribution is 6.15. The van der Waals surface area contributed by atoms with Gasteiger partial charge in [-0.05, 0) is 25.1 Å². The van der Waals surface area contributed by atoms with Crippen molar-refractivity contribution in [3.8, 4) is 5.75 Å². The summed E-state index contributed by atoms with van der Waals surface area (Å²) in [5, 5.41) is -0.0718. The third-order valence-electron chi connectivity index (χ3n) is 3.36. The number of carbonyl (C=O) groups excluding carboxylic acids is 2. The number of carbonyl (C=O) groups is 2. The van der Waals surface area contributed by atoms with Crippen LogP contribution in [0.25, 0.3) is 11.0 Å². The largest absolute Gasteiger partial charge is 0.493 e. The number of esters is 1. The van der Waals surface area contributed by atoms with Crippen LogP contribution in [0, 0.1) is 5.92 Å². The van der Waals surface area contributed by atoms with Crippen LogP contribution < -0.4 is 4.74 Å². The molecule has 0 spiro atoms. The summed E-state index contributed by atoms with van der Waals surface area (Å²) >= 11 is 0. The topological polar surface area (TPSA) is 65.7 Å². The number of alkyl halides is 3. The first-order valence-corrected chi connectivity index (χ1v) is 6.50. The fraction of sp³-hybridized carbons (Fsp3) is 0.333. The van der Waals surface area contributed by atoms with Crippen molar-refractivity contribution >= 4 is 22.7 Å². The number of ketones is 1. The molecule has 1 unspecified atom stereocenters. The quantitative estimate of drug-likeness (QED) is 0.488. The van der Waals surface area contributed by atoms with E-state index in [1.807, 2.05) is 0 Å². The number of rotatable bonds is 4. The molecule has 0 aliphatic carbocycles. The van der Waals surface area contributed by atoms with Crippen molar-refractivity contribution in [2.75, 3.05) is 14.2 Å². The minimum atomic E-state index is -4.71. The maximum Gasteiger partial charge on any atom is 0.449 e. The second kappa shape index (κ2) is 5.94. The highest BCUT2D eigenvalue weighted by Gasteiger charge is 2.37. The molecule has 0 bridgehead atoms. The van der Waals surface area contributed by atoms with E-state index in [-0.39, 0.29) is 22.3 Å². The van der Waals surface area contributed by atoms with E-state index in [1.165, 1.54) is 26.2 Å². The Labute approximate surface area is 129 Å². The van der Waals surface area contributed by atoms with E-state index in [4.69, 9.17) is 9.15 Å². The summed E-state index contributed by atoms with van der Waals surface area (Å²) in [4.78, 5) is 23.8. The highest BCUT2D eigenvalue weighted by atomic mass is 19.4. The molecule has 0 fully saturated rings. The lowest BCUT2D eigenvalue weighted by Gasteiger charge is -2.09. The Morgan fingerprint density at radius 3 is 2.39 bits per heavy atom. The number of hydrogen-bond donors (Lipinski definition) is 0. The summed E-state index contributed by atoms with van der Waals surface area (Å²) in [6.07, 6.45) is -4.71. The van der Waals surface area contributed by atoms with Gasteiger partial charge in [0.25, 0.3) is 0 Å². The summed E-state index contributed by atoms with van der Waals surface area (Å²) < 4.78 is 52.8. The van der Waals surface area contributed by atoms with Crippen molar-refractivity contribution in [2.45, 2.75) is 13.1 Å². The lowest BCUT2D eigenvalue weighted by atomic mass is 9.96. The molecule has 0 aliphatic rings. The van der Waals surface area contributed by atoms with E-state index in [1.54, 1.807) is 0 Å². The number of ether oxygens (including phenoxy) is 2. The third-order valence-corrected chi connectivity index (χ3v) is 3.36. The van der Waals surface area contributed by atoms with Gasteiger partial charge in [-0.3, -0.25) is 9.59 Å². The van der Waals surface area contributed by atoms with Crippen LogP contribution in [-0.2, 0) is 15.7 Å². The molecule has 2 rings (SSSR count). The summed E-state index contributed by atoms with van der Waals surface area (Å²) in [5.41, 5.74) is -0.277. The van der Waals surface area contributed by atoms with Crippen molar-refractivity contribution in [2.24, 2.45) is 5.92 Å². The Bertz CT molecular complexity index is 760. The Balaban J connectivity index is 2.64. The number of furan rings is 1. The van der Waals surface area contributed by atoms with Crippen molar-refractivity contribution in [3.63, 3.8) is 0 Å². The standard InChI is InChI=1S/C15H13F3O5/c1-7(14(20)22-3)12(19)8-4-5-10(21-2)13-9(8)6-11(23-13)15(16,17)18/h4-7H,1-3H3. The fourth-order valence-electron chi connectivity index (χ4n) is 2.13. The summed E-state index contributed by atoms with van der Waals surface area (Å²) in [7, 11) is 2.39. The molecule has 0 saturated carbocycles. The van der Waals surface area contributed by atoms with Crippen molar-refractivity contribution in [3.05, 3.63) is 29.5 Å². The van der Waals surface area contributed by atoms with Gasteiger partial charge >= 0.3 is 12.1 Å². The minimum Gasteiger partial charge on any atom is -0.493 e. The van der Waals surface area contributed by atoms with Crippen LogP contribution >= 0.6 is 0 Å². The molecular formula is C15H13F3O5. The molecular weight excluding hydrogens is 317 g/mol. The zero-order valence-corrected chi connectivity index (χ0v) is 12.5. The molecule has 8 heteroatoms. The van der Waals surface area contributed by atoms with Gasteiger partial charge in [0.15, 0.2) is 17.1 Å². The van der Waals surface area contributed by atoms with Crippen LogP contribution in [0.5, 0.6) is 5.75 Å². The molecule has 0 amide bonds. The minimum absolute atomic E-state index is 0.0535. The zero-order chi connectivity index (χ0) is 17.4. The average molecular weight is 330 g/mol. The molecule has 0 saturated heterocycles. The molecule has 0 aliphatic heterocycles. The van der Waals surface area contributed by atoms with Crippen LogP contribution in [0.1, 0.15) is 23.0 Å². The summed E-state index contributed by atoms with van der Waals surface area (Å²) in [6, 6.07) is 3.32. The smallest absolute Gasteiger partial charge is 0.449 e. The number of halogens is 3. The van der Waals surface area contributed by atoms with E-state index in [2.05, 4.69) is 4.74 Å². The molecule has 2 aromatic rings. The number of hydrogen-bond acceptors (Lipinski definition) is 5. The average Bonchev–Trinajstić information content (AvgIpc) is 2.97. The zero-order valence-electron chi connectivity index (χ0n) is 12.5. The van der Waals surface area contributed by atoms with Crippen LogP contribution in [0.2, 0.25) is 0 Å². The number of Topliss-reactive ketones (excluding diaryl/α,β-unsaturated/α-hetero) is 1. The number of methoxy groups -OCH3 is 2. The summed E-state index contributed by atoms with van der Waals surface area (Å²) in [5.74, 6) is -3.80. The Morgan fingerprint density at radius 1 is 1.22 bits per heavy atom. The van der Waals surface area contributed by atoms with Gasteiger partial charge in [0, 0.05) is 10.9 Å². The number of benzene rings is 1. The van der Waals surface area contributed by atoms with Gasteiger partial charge in [0.1, 0.15) is 5.92 Å². The molecule has 1 heterocycles. The van der Waals surface area contributed by atoms with Gasteiger partial charge in [-0.25, -0.2) is 0 Å². The van der Waals surface area contributed by atoms with E-state index in [0.717, 1.165) is 13.2 Å². The highest BCUT2D eigenvalue weighted by Crippen LogP contribution is 2.39. The van der Waals surface area contributed by atoms with Crippen LogP contribution in [0.4, 0.5) is 13.2 Å². The third kappa shape index (κ3) is 3.01. The van der Waals surface area contributed by atoms with E-state index in [9.17, 15) is 22.8 Å². The van der Waals surface area contributed by atoms with E-state index >= 15 is 0 Å². The first kappa shape index (κ1) is 16.9. The van der Waals surface area contributed by atoms with Gasteiger partial charge in [-0.1, -0.05) is 0 Å². The van der Waals surface area contributed by atoms with Gasteiger partial charge in [-0.2, -0.15) is 13.2 Å². The molecule has 1 atom stereocenters. The SMILES string of the molecule is COC(=O)C(C)C(=O)c1ccc(OC)c2oc(C(F)(F)F)cc12. The first-order chi connectivity index (χ1) is 10.7. The Morgan fingerprint density at radius 2 is 1.87 bits per heavy atom. The maximum atomic E-state index is 12.8. The molecule has 1 aromatic carbocycles. The molecule has 0 radical (unpaired) electrons. The van der Waals surface area contributed by atoms with Gasteiger partial charge in [-0.15, -0.1) is 0 Å². The summed E-state index contributed by atoms with van der Waals surface area (Å²) in [6.45, 7) is 1.31. The number of fused-ring (bicyclic) bond motifs is 1. The predicted octanol–water partition coefficient (Wildman–Crippen LogP) is 3.45. The maximum absolute atomic E-state index is 12.8. The van der Waals surface area contributed by atoms with Crippen molar-refractivity contribution < 1.29 is 36.7 Å². The van der Waals surface area contributed by atoms with Crippen LogP contribution in [0.15, 0.2) is 22.6 Å². The van der Waals surface area contributed by atoms with Gasteiger partial charge in [0.2, 0.25) is 5.76 Å². The molecule has 23 heavy (non-hydrogen) atoms. The lowest BCUT2D eigenvalue weighted by molar-refractivity contribution is -0.152. The fourth-order valence-corrected chi connectivity index (χ4v) is 2.13. The van der Waals surface area contributed by atoms with Crippen LogP contribution in [0.3, 0.4) is 0 Å². The van der Waals surface area contributed by atoms with E-state index in [0.29, 0.717) is 0 Å². The normalized spacial score (nSPS) is 13.0. The molecule has 124 valence electrons. The second-order valence-corrected chi connectivity index (χ2v) is 4.78. The van der Waals surface area contributed by atoms with Crippen molar-refractivity contribution in [1.29, 1.82) is 0 Å². The van der Waals surface area contributed by atoms with Gasteiger partial charge < -0.3 is 13.9 Å². The van der Waals surface area contributed by atoms with E-state index < -0.39 is 29.6 Å². The Kier molecular flexibility index (Phi) is 4.35. The van der Waals surface area contributed by atoms with Gasteiger partial charge in [0.05, 0.1) is 14.2 Å².